The molecule has 0 amide bonds. The summed E-state index contributed by atoms with van der Waals surface area (Å²) < 4.78 is 10.6. The third-order valence-corrected chi connectivity index (χ3v) is 3.09. The zero-order chi connectivity index (χ0) is 15.8. The molecule has 0 bridgehead atoms. The summed E-state index contributed by atoms with van der Waals surface area (Å²) in [4.78, 5) is 6.43. The molecule has 0 aromatic rings. The third-order valence-electron chi connectivity index (χ3n) is 3.09. The van der Waals surface area contributed by atoms with Gasteiger partial charge in [-0.05, 0) is 19.9 Å². The topological polar surface area (TPSA) is 58.1 Å². The van der Waals surface area contributed by atoms with E-state index in [2.05, 4.69) is 34.5 Å². The summed E-state index contributed by atoms with van der Waals surface area (Å²) in [5.41, 5.74) is 0. The number of likely N-dealkylation sites (N-methyl/N-ethyl adjacent to an activating group) is 1. The fourth-order valence-electron chi connectivity index (χ4n) is 1.67. The number of hydrogen-bond acceptors (Lipinski definition) is 4. The van der Waals surface area contributed by atoms with Crippen LogP contribution in [0.15, 0.2) is 4.99 Å². The zero-order valence-electron chi connectivity index (χ0n) is 14.3. The van der Waals surface area contributed by atoms with Gasteiger partial charge in [0.15, 0.2) is 5.96 Å². The second-order valence-corrected chi connectivity index (χ2v) is 5.04. The van der Waals surface area contributed by atoms with Crippen LogP contribution in [0.25, 0.3) is 0 Å². The van der Waals surface area contributed by atoms with Crippen molar-refractivity contribution in [2.45, 2.75) is 26.2 Å². The minimum atomic E-state index is 0.765. The molecule has 0 unspecified atom stereocenters. The number of ether oxygens (including phenoxy) is 2. The van der Waals surface area contributed by atoms with Gasteiger partial charge in [-0.2, -0.15) is 0 Å². The third kappa shape index (κ3) is 13.9. The van der Waals surface area contributed by atoms with Gasteiger partial charge in [0.05, 0.1) is 6.61 Å². The van der Waals surface area contributed by atoms with Gasteiger partial charge in [-0.25, -0.2) is 0 Å². The fourth-order valence-corrected chi connectivity index (χ4v) is 1.67. The largest absolute Gasteiger partial charge is 0.383 e. The van der Waals surface area contributed by atoms with E-state index in [-0.39, 0.29) is 0 Å². The van der Waals surface area contributed by atoms with Gasteiger partial charge in [0.25, 0.3) is 0 Å². The number of nitrogens with zero attached hydrogens (tertiary/aromatic N) is 2. The lowest BCUT2D eigenvalue weighted by Crippen LogP contribution is -2.41. The Morgan fingerprint density at radius 1 is 1.05 bits per heavy atom. The summed E-state index contributed by atoms with van der Waals surface area (Å²) in [6, 6.07) is 0. The smallest absolute Gasteiger partial charge is 0.191 e. The molecule has 6 heteroatoms. The van der Waals surface area contributed by atoms with Gasteiger partial charge < -0.3 is 25.0 Å². The average molecular weight is 302 g/mol. The number of aliphatic imine (C=N–C) groups is 1. The Morgan fingerprint density at radius 3 is 2.43 bits per heavy atom. The molecule has 21 heavy (non-hydrogen) atoms. The van der Waals surface area contributed by atoms with E-state index in [1.165, 1.54) is 6.42 Å². The lowest BCUT2D eigenvalue weighted by Gasteiger charge is -2.17. The van der Waals surface area contributed by atoms with Crippen molar-refractivity contribution in [2.24, 2.45) is 4.99 Å². The molecule has 0 radical (unpaired) electrons. The van der Waals surface area contributed by atoms with Crippen molar-refractivity contribution in [1.82, 2.24) is 15.5 Å². The second-order valence-electron chi connectivity index (χ2n) is 5.04. The summed E-state index contributed by atoms with van der Waals surface area (Å²) in [7, 11) is 5.61. The molecule has 0 fully saturated rings. The highest BCUT2D eigenvalue weighted by Gasteiger charge is 2.00. The van der Waals surface area contributed by atoms with Gasteiger partial charge in [0, 0.05) is 53.6 Å². The van der Waals surface area contributed by atoms with E-state index >= 15 is 0 Å². The number of nitrogens with one attached hydrogen (secondary N) is 2. The number of methoxy groups -OCH3 is 1. The van der Waals surface area contributed by atoms with E-state index in [1.807, 2.05) is 0 Å². The van der Waals surface area contributed by atoms with E-state index in [0.717, 1.165) is 64.8 Å². The molecule has 0 aliphatic heterocycles. The molecule has 126 valence electrons. The molecule has 2 N–H and O–H groups in total. The standard InChI is InChI=1S/C15H34N4O2/c1-5-6-12-21-13-7-8-17-15(16-2)18-9-10-19(3)11-14-20-4/h5-14H2,1-4H3,(H2,16,17,18). The number of unbranched alkanes of at least 4 members (excludes halogenated alkanes) is 1. The van der Waals surface area contributed by atoms with Crippen LogP contribution in [0.5, 0.6) is 0 Å². The summed E-state index contributed by atoms with van der Waals surface area (Å²) in [6.45, 7) is 8.28. The van der Waals surface area contributed by atoms with E-state index in [1.54, 1.807) is 14.2 Å². The highest BCUT2D eigenvalue weighted by molar-refractivity contribution is 5.79. The fraction of sp³-hybridized carbons (Fsp3) is 0.933. The van der Waals surface area contributed by atoms with Gasteiger partial charge in [-0.15, -0.1) is 0 Å². The first-order valence-corrected chi connectivity index (χ1v) is 7.94. The number of rotatable bonds is 13. The minimum absolute atomic E-state index is 0.765. The molecule has 0 saturated carbocycles. The van der Waals surface area contributed by atoms with Crippen molar-refractivity contribution in [3.63, 3.8) is 0 Å². The first-order valence-electron chi connectivity index (χ1n) is 7.94. The van der Waals surface area contributed by atoms with Crippen molar-refractivity contribution in [3.8, 4) is 0 Å². The van der Waals surface area contributed by atoms with Crippen molar-refractivity contribution < 1.29 is 9.47 Å². The van der Waals surface area contributed by atoms with Crippen molar-refractivity contribution in [3.05, 3.63) is 0 Å². The molecule has 0 aliphatic carbocycles. The molecule has 0 aliphatic rings. The SMILES string of the molecule is CCCCOCCCNC(=NC)NCCN(C)CCOC. The molecular weight excluding hydrogens is 268 g/mol. The molecule has 0 aromatic heterocycles. The Labute approximate surface area is 130 Å². The predicted octanol–water partition coefficient (Wildman–Crippen LogP) is 0.936. The number of guanidine groups is 1. The van der Waals surface area contributed by atoms with E-state index in [0.29, 0.717) is 0 Å². The van der Waals surface area contributed by atoms with Crippen molar-refractivity contribution in [2.75, 3.05) is 67.2 Å². The van der Waals surface area contributed by atoms with E-state index in [4.69, 9.17) is 9.47 Å². The Hall–Kier alpha value is -0.850. The predicted molar refractivity (Wildman–Crippen MR) is 89.1 cm³/mol. The van der Waals surface area contributed by atoms with Crippen LogP contribution >= 0.6 is 0 Å². The first kappa shape index (κ1) is 20.1. The van der Waals surface area contributed by atoms with Crippen LogP contribution in [0.4, 0.5) is 0 Å². The lowest BCUT2D eigenvalue weighted by atomic mass is 10.4. The quantitative estimate of drug-likeness (QED) is 0.301. The summed E-state index contributed by atoms with van der Waals surface area (Å²) in [5.74, 6) is 0.851. The molecule has 0 heterocycles. The van der Waals surface area contributed by atoms with Crippen LogP contribution in [-0.4, -0.2) is 78.1 Å². The monoisotopic (exact) mass is 302 g/mol. The average Bonchev–Trinajstić information content (AvgIpc) is 2.50. The summed E-state index contributed by atoms with van der Waals surface area (Å²) in [5, 5.41) is 6.60. The molecular formula is C15H34N4O2. The van der Waals surface area contributed by atoms with Crippen molar-refractivity contribution >= 4 is 5.96 Å². The maximum Gasteiger partial charge on any atom is 0.191 e. The molecule has 0 aromatic carbocycles. The molecule has 0 atom stereocenters. The second kappa shape index (κ2) is 15.5. The highest BCUT2D eigenvalue weighted by atomic mass is 16.5. The van der Waals surface area contributed by atoms with Gasteiger partial charge in [-0.1, -0.05) is 13.3 Å². The Morgan fingerprint density at radius 2 is 1.76 bits per heavy atom. The zero-order valence-corrected chi connectivity index (χ0v) is 14.3. The first-order chi connectivity index (χ1) is 10.2. The Balaban J connectivity index is 3.50. The van der Waals surface area contributed by atoms with Crippen LogP contribution in [0.3, 0.4) is 0 Å². The van der Waals surface area contributed by atoms with Crippen LogP contribution < -0.4 is 10.6 Å². The van der Waals surface area contributed by atoms with Crippen LogP contribution in [-0.2, 0) is 9.47 Å². The molecule has 0 spiro atoms. The van der Waals surface area contributed by atoms with Gasteiger partial charge >= 0.3 is 0 Å². The number of hydrogen-bond donors (Lipinski definition) is 2. The molecule has 0 rings (SSSR count). The van der Waals surface area contributed by atoms with Gasteiger partial charge in [0.1, 0.15) is 0 Å². The maximum atomic E-state index is 5.52. The normalized spacial score (nSPS) is 12.0. The summed E-state index contributed by atoms with van der Waals surface area (Å²) in [6.07, 6.45) is 3.33. The van der Waals surface area contributed by atoms with E-state index < -0.39 is 0 Å². The van der Waals surface area contributed by atoms with Crippen LogP contribution in [0, 0.1) is 0 Å². The van der Waals surface area contributed by atoms with E-state index in [9.17, 15) is 0 Å². The summed E-state index contributed by atoms with van der Waals surface area (Å²) >= 11 is 0. The molecule has 0 saturated heterocycles. The van der Waals surface area contributed by atoms with Crippen molar-refractivity contribution in [1.29, 1.82) is 0 Å². The van der Waals surface area contributed by atoms with Crippen LogP contribution in [0.2, 0.25) is 0 Å². The van der Waals surface area contributed by atoms with Gasteiger partial charge in [-0.3, -0.25) is 4.99 Å². The van der Waals surface area contributed by atoms with Crippen LogP contribution in [0.1, 0.15) is 26.2 Å². The Bertz CT molecular complexity index is 250. The lowest BCUT2D eigenvalue weighted by molar-refractivity contribution is 0.129. The Kier molecular flexibility index (Phi) is 14.9. The molecule has 6 nitrogen and oxygen atoms in total. The minimum Gasteiger partial charge on any atom is -0.383 e. The van der Waals surface area contributed by atoms with Gasteiger partial charge in [0.2, 0.25) is 0 Å². The highest BCUT2D eigenvalue weighted by Crippen LogP contribution is 1.89. The maximum absolute atomic E-state index is 5.52.